The van der Waals surface area contributed by atoms with E-state index < -0.39 is 47.7 Å². The summed E-state index contributed by atoms with van der Waals surface area (Å²) in [6.07, 6.45) is 1.39. The lowest BCUT2D eigenvalue weighted by Gasteiger charge is -2.39. The van der Waals surface area contributed by atoms with Crippen LogP contribution in [-0.2, 0) is 54.2 Å². The number of hydroxylamine groups is 2. The van der Waals surface area contributed by atoms with Crippen LogP contribution in [0.15, 0.2) is 86.0 Å². The molecule has 0 aliphatic carbocycles. The number of benzene rings is 2. The minimum absolute atomic E-state index is 0.0145. The molecule has 3 rings (SSSR count). The first-order chi connectivity index (χ1) is 21.2. The van der Waals surface area contributed by atoms with Crippen LogP contribution in [0, 0.1) is 11.3 Å². The Bertz CT molecular complexity index is 1260. The number of carbonyl (C=O) groups is 4. The van der Waals surface area contributed by atoms with Crippen LogP contribution >= 0.6 is 0 Å². The number of carbonyl (C=O) groups excluding carboxylic acids is 4. The Morgan fingerprint density at radius 1 is 0.841 bits per heavy atom. The monoisotopic (exact) mass is 610 g/mol. The normalized spacial score (nSPS) is 19.2. The Hall–Kier alpha value is -4.36. The van der Waals surface area contributed by atoms with Crippen molar-refractivity contribution in [3.8, 4) is 0 Å². The van der Waals surface area contributed by atoms with Gasteiger partial charge in [-0.05, 0) is 11.5 Å². The smallest absolute Gasteiger partial charge is 0.348 e. The summed E-state index contributed by atoms with van der Waals surface area (Å²) < 4.78 is 23.3. The number of ether oxygens (including phenoxy) is 4. The fraction of sp³-hybridized carbons (Fsp3) is 0.375. The van der Waals surface area contributed by atoms with Crippen molar-refractivity contribution < 1.29 is 47.8 Å². The van der Waals surface area contributed by atoms with Crippen LogP contribution < -0.4 is 11.0 Å². The molecule has 1 saturated heterocycles. The molecule has 2 aromatic rings. The number of esters is 2. The van der Waals surface area contributed by atoms with Gasteiger partial charge in [0.15, 0.2) is 6.29 Å². The first kappa shape index (κ1) is 34.1. The number of rotatable bonds is 16. The van der Waals surface area contributed by atoms with Crippen molar-refractivity contribution in [3.05, 3.63) is 97.1 Å². The van der Waals surface area contributed by atoms with E-state index in [0.29, 0.717) is 0 Å². The number of nitrogens with one attached hydrogen (secondary N) is 2. The van der Waals surface area contributed by atoms with E-state index in [0.717, 1.165) is 23.3 Å². The zero-order valence-electron chi connectivity index (χ0n) is 24.8. The molecule has 1 aliphatic heterocycles. The van der Waals surface area contributed by atoms with Crippen LogP contribution in [0.2, 0.25) is 0 Å². The molecule has 2 N–H and O–H groups in total. The number of hydrogen-bond acceptors (Lipinski definition) is 12. The third-order valence-corrected chi connectivity index (χ3v) is 6.60. The molecule has 0 aromatic heterocycles. The van der Waals surface area contributed by atoms with Crippen molar-refractivity contribution in [2.45, 2.75) is 38.6 Å². The first-order valence-corrected chi connectivity index (χ1v) is 14.0. The fourth-order valence-corrected chi connectivity index (χ4v) is 4.06. The highest BCUT2D eigenvalue weighted by atomic mass is 16.7. The molecule has 2 atom stereocenters. The second-order valence-electron chi connectivity index (χ2n) is 10.5. The van der Waals surface area contributed by atoms with E-state index in [2.05, 4.69) is 24.1 Å². The fourth-order valence-electron chi connectivity index (χ4n) is 4.06. The third kappa shape index (κ3) is 10.4. The maximum atomic E-state index is 13.3. The molecular weight excluding hydrogens is 572 g/mol. The summed E-state index contributed by atoms with van der Waals surface area (Å²) in [5.41, 5.74) is 5.36. The minimum Gasteiger partial charge on any atom is -0.464 e. The van der Waals surface area contributed by atoms with Gasteiger partial charge in [-0.25, -0.2) is 9.59 Å². The van der Waals surface area contributed by atoms with Crippen molar-refractivity contribution in [2.24, 2.45) is 11.3 Å². The zero-order valence-corrected chi connectivity index (χ0v) is 24.8. The summed E-state index contributed by atoms with van der Waals surface area (Å²) in [6.45, 7) is 9.69. The van der Waals surface area contributed by atoms with E-state index in [1.807, 2.05) is 60.7 Å². The van der Waals surface area contributed by atoms with Crippen LogP contribution in [0.5, 0.6) is 0 Å². The Balaban J connectivity index is 1.73. The van der Waals surface area contributed by atoms with Gasteiger partial charge >= 0.3 is 23.9 Å². The molecule has 12 nitrogen and oxygen atoms in total. The van der Waals surface area contributed by atoms with E-state index in [4.69, 9.17) is 28.6 Å². The average molecular weight is 611 g/mol. The molecule has 0 bridgehead atoms. The van der Waals surface area contributed by atoms with E-state index in [1.54, 1.807) is 13.8 Å². The topological polar surface area (TPSA) is 148 Å². The van der Waals surface area contributed by atoms with Crippen molar-refractivity contribution in [2.75, 3.05) is 26.4 Å². The maximum Gasteiger partial charge on any atom is 0.348 e. The van der Waals surface area contributed by atoms with Crippen LogP contribution in [0.4, 0.5) is 0 Å². The molecule has 1 aliphatic rings. The molecule has 0 radical (unpaired) electrons. The summed E-state index contributed by atoms with van der Waals surface area (Å²) in [6, 6.07) is 16.3. The molecular formula is C32H38N2O10. The van der Waals surface area contributed by atoms with Crippen LogP contribution in [0.3, 0.4) is 0 Å². The highest BCUT2D eigenvalue weighted by Crippen LogP contribution is 2.33. The molecule has 12 heteroatoms. The van der Waals surface area contributed by atoms with Gasteiger partial charge in [-0.3, -0.25) is 9.59 Å². The second kappa shape index (κ2) is 17.1. The van der Waals surface area contributed by atoms with Crippen molar-refractivity contribution in [3.63, 3.8) is 0 Å². The Kier molecular flexibility index (Phi) is 13.2. The lowest BCUT2D eigenvalue weighted by atomic mass is 9.91. The largest absolute Gasteiger partial charge is 0.464 e. The minimum atomic E-state index is -1.09. The van der Waals surface area contributed by atoms with Crippen LogP contribution in [-0.4, -0.2) is 62.4 Å². The van der Waals surface area contributed by atoms with E-state index in [9.17, 15) is 19.2 Å². The van der Waals surface area contributed by atoms with E-state index in [-0.39, 0.29) is 38.8 Å². The SMILES string of the molecule is C=CC(=O)ON[C@@H](Cc1ccccc1)C(=O)OCC1(COC(=O)[C@@H](NOC(=O)C=C)C(C)C)COC(c2ccccc2)OC1. The quantitative estimate of drug-likeness (QED) is 0.125. The van der Waals surface area contributed by atoms with Gasteiger partial charge in [0.05, 0.1) is 18.6 Å². The van der Waals surface area contributed by atoms with E-state index in [1.165, 1.54) is 0 Å². The van der Waals surface area contributed by atoms with Crippen molar-refractivity contribution in [1.29, 1.82) is 0 Å². The lowest BCUT2D eigenvalue weighted by Crippen LogP contribution is -2.50. The Morgan fingerprint density at radius 2 is 1.36 bits per heavy atom. The second-order valence-corrected chi connectivity index (χ2v) is 10.5. The summed E-state index contributed by atoms with van der Waals surface area (Å²) in [7, 11) is 0. The average Bonchev–Trinajstić information content (AvgIpc) is 3.05. The summed E-state index contributed by atoms with van der Waals surface area (Å²) in [5.74, 6) is -3.26. The predicted molar refractivity (Wildman–Crippen MR) is 157 cm³/mol. The summed E-state index contributed by atoms with van der Waals surface area (Å²) in [5, 5.41) is 0. The van der Waals surface area contributed by atoms with Gasteiger partial charge in [0.2, 0.25) is 0 Å². The van der Waals surface area contributed by atoms with E-state index >= 15 is 0 Å². The van der Waals surface area contributed by atoms with Gasteiger partial charge in [0.1, 0.15) is 25.3 Å². The maximum absolute atomic E-state index is 13.3. The van der Waals surface area contributed by atoms with Crippen LogP contribution in [0.25, 0.3) is 0 Å². The molecule has 0 amide bonds. The Labute approximate surface area is 256 Å². The third-order valence-electron chi connectivity index (χ3n) is 6.60. The van der Waals surface area contributed by atoms with Gasteiger partial charge < -0.3 is 28.6 Å². The number of hydrogen-bond donors (Lipinski definition) is 2. The van der Waals surface area contributed by atoms with Gasteiger partial charge in [-0.2, -0.15) is 0 Å². The summed E-state index contributed by atoms with van der Waals surface area (Å²) >= 11 is 0. The molecule has 236 valence electrons. The first-order valence-electron chi connectivity index (χ1n) is 14.0. The molecule has 0 saturated carbocycles. The molecule has 2 aromatic carbocycles. The molecule has 1 fully saturated rings. The van der Waals surface area contributed by atoms with Crippen molar-refractivity contribution in [1.82, 2.24) is 11.0 Å². The standard InChI is InChI=1S/C32H38N2O10/c1-5-26(35)43-33-25(17-23-13-9-7-10-14-23)29(37)39-18-32(20-41-31(42-21-32)24-15-11-8-12-16-24)19-40-30(38)28(22(3)4)34-44-27(36)6-2/h5-16,22,25,28,31,33-34H,1-2,17-21H2,3-4H3/t25-,28-,31?,32?/m0/s1. The molecule has 0 unspecified atom stereocenters. The van der Waals surface area contributed by atoms with Gasteiger partial charge in [-0.15, -0.1) is 11.0 Å². The Morgan fingerprint density at radius 3 is 1.91 bits per heavy atom. The van der Waals surface area contributed by atoms with Gasteiger partial charge in [0.25, 0.3) is 0 Å². The molecule has 0 spiro atoms. The predicted octanol–water partition coefficient (Wildman–Crippen LogP) is 2.91. The van der Waals surface area contributed by atoms with Gasteiger partial charge in [-0.1, -0.05) is 87.7 Å². The van der Waals surface area contributed by atoms with Gasteiger partial charge in [0, 0.05) is 24.1 Å². The van der Waals surface area contributed by atoms with Crippen molar-refractivity contribution >= 4 is 23.9 Å². The molecule has 1 heterocycles. The lowest BCUT2D eigenvalue weighted by molar-refractivity contribution is -0.252. The van der Waals surface area contributed by atoms with Crippen LogP contribution in [0.1, 0.15) is 31.3 Å². The summed E-state index contributed by atoms with van der Waals surface area (Å²) in [4.78, 5) is 59.3. The zero-order chi connectivity index (χ0) is 32.0. The highest BCUT2D eigenvalue weighted by Gasteiger charge is 2.42. The molecule has 44 heavy (non-hydrogen) atoms. The highest BCUT2D eigenvalue weighted by molar-refractivity contribution is 5.82.